The van der Waals surface area contributed by atoms with E-state index in [1.54, 1.807) is 0 Å². The van der Waals surface area contributed by atoms with Crippen LogP contribution in [0.1, 0.15) is 11.8 Å². The Morgan fingerprint density at radius 2 is 2.29 bits per heavy atom. The van der Waals surface area contributed by atoms with Crippen LogP contribution in [0.2, 0.25) is 0 Å². The van der Waals surface area contributed by atoms with Crippen LogP contribution in [0, 0.1) is 0 Å². The zero-order valence-electron chi connectivity index (χ0n) is 7.19. The Labute approximate surface area is 77.6 Å². The minimum absolute atomic E-state index is 0.252. The lowest BCUT2D eigenvalue weighted by molar-refractivity contribution is -0.183. The first-order valence-electron chi connectivity index (χ1n) is 3.64. The second-order valence-corrected chi connectivity index (χ2v) is 2.71. The molecular formula is C7H8F2N2O3. The van der Waals surface area contributed by atoms with Gasteiger partial charge in [0.15, 0.2) is 6.10 Å². The van der Waals surface area contributed by atoms with Crippen LogP contribution in [0.25, 0.3) is 0 Å². The van der Waals surface area contributed by atoms with Gasteiger partial charge in [-0.25, -0.2) is 4.79 Å². The number of carbonyl (C=O) groups is 1. The van der Waals surface area contributed by atoms with Gasteiger partial charge in [-0.1, -0.05) is 0 Å². The highest BCUT2D eigenvalue weighted by molar-refractivity contribution is 5.76. The summed E-state index contributed by atoms with van der Waals surface area (Å²) in [5.74, 6) is -6.58. The monoisotopic (exact) mass is 206 g/mol. The first-order valence-corrected chi connectivity index (χ1v) is 3.64. The molecule has 78 valence electrons. The standard InChI is InChI=1S/C7H8F2N2O3/c1-11-4(2-3-10-11)5(12)7(8,9)6(13)14/h2-3,5,12H,1H3,(H,13,14). The van der Waals surface area contributed by atoms with Crippen molar-refractivity contribution in [3.63, 3.8) is 0 Å². The summed E-state index contributed by atoms with van der Waals surface area (Å²) in [7, 11) is 1.33. The van der Waals surface area contributed by atoms with Gasteiger partial charge in [0.2, 0.25) is 0 Å². The van der Waals surface area contributed by atoms with Crippen LogP contribution in [-0.4, -0.2) is 31.9 Å². The van der Waals surface area contributed by atoms with E-state index in [4.69, 9.17) is 10.2 Å². The number of aliphatic hydroxyl groups excluding tert-OH is 1. The van der Waals surface area contributed by atoms with Crippen molar-refractivity contribution in [2.45, 2.75) is 12.0 Å². The van der Waals surface area contributed by atoms with Gasteiger partial charge in [-0.05, 0) is 6.07 Å². The maximum atomic E-state index is 12.8. The Bertz CT molecular complexity index is 350. The summed E-state index contributed by atoms with van der Waals surface area (Å²) in [5, 5.41) is 20.8. The van der Waals surface area contributed by atoms with Gasteiger partial charge in [-0.15, -0.1) is 0 Å². The van der Waals surface area contributed by atoms with Crippen molar-refractivity contribution in [1.29, 1.82) is 0 Å². The Balaban J connectivity index is 3.02. The van der Waals surface area contributed by atoms with Crippen molar-refractivity contribution in [2.75, 3.05) is 0 Å². The molecule has 0 aliphatic heterocycles. The number of aryl methyl sites for hydroxylation is 1. The Hall–Kier alpha value is -1.50. The Morgan fingerprint density at radius 1 is 1.71 bits per heavy atom. The van der Waals surface area contributed by atoms with E-state index < -0.39 is 18.0 Å². The summed E-state index contributed by atoms with van der Waals surface area (Å²) in [6.45, 7) is 0. The van der Waals surface area contributed by atoms with Crippen LogP contribution < -0.4 is 0 Å². The molecule has 1 aromatic rings. The molecule has 1 heterocycles. The number of aliphatic hydroxyl groups is 1. The summed E-state index contributed by atoms with van der Waals surface area (Å²) in [5.41, 5.74) is -0.252. The quantitative estimate of drug-likeness (QED) is 0.739. The molecule has 0 saturated carbocycles. The van der Waals surface area contributed by atoms with Crippen molar-refractivity contribution in [3.8, 4) is 0 Å². The van der Waals surface area contributed by atoms with E-state index in [1.807, 2.05) is 0 Å². The van der Waals surface area contributed by atoms with E-state index in [9.17, 15) is 13.6 Å². The third kappa shape index (κ3) is 1.58. The first-order chi connectivity index (χ1) is 6.37. The van der Waals surface area contributed by atoms with E-state index in [2.05, 4.69) is 5.10 Å². The molecule has 1 aromatic heterocycles. The number of rotatable bonds is 3. The molecule has 0 spiro atoms. The van der Waals surface area contributed by atoms with E-state index >= 15 is 0 Å². The van der Waals surface area contributed by atoms with Crippen LogP contribution in [0.5, 0.6) is 0 Å². The number of alkyl halides is 2. The fourth-order valence-electron chi connectivity index (χ4n) is 0.955. The highest BCUT2D eigenvalue weighted by atomic mass is 19.3. The molecule has 1 atom stereocenters. The molecule has 0 aliphatic rings. The van der Waals surface area contributed by atoms with Crippen molar-refractivity contribution in [3.05, 3.63) is 18.0 Å². The summed E-state index contributed by atoms with van der Waals surface area (Å²) >= 11 is 0. The number of hydrogen-bond donors (Lipinski definition) is 2. The van der Waals surface area contributed by atoms with E-state index in [1.165, 1.54) is 13.2 Å². The molecule has 2 N–H and O–H groups in total. The summed E-state index contributed by atoms with van der Waals surface area (Å²) in [6, 6.07) is 1.13. The normalized spacial score (nSPS) is 14.0. The minimum Gasteiger partial charge on any atom is -0.477 e. The fraction of sp³-hybridized carbons (Fsp3) is 0.429. The maximum absolute atomic E-state index is 12.8. The molecule has 7 heteroatoms. The SMILES string of the molecule is Cn1nccc1C(O)C(F)(F)C(=O)O. The lowest BCUT2D eigenvalue weighted by Gasteiger charge is -2.18. The number of aliphatic carboxylic acids is 1. The van der Waals surface area contributed by atoms with Crippen LogP contribution in [0.15, 0.2) is 12.3 Å². The summed E-state index contributed by atoms with van der Waals surface area (Å²) in [4.78, 5) is 10.1. The smallest absolute Gasteiger partial charge is 0.377 e. The summed E-state index contributed by atoms with van der Waals surface area (Å²) < 4.78 is 26.6. The van der Waals surface area contributed by atoms with Crippen molar-refractivity contribution >= 4 is 5.97 Å². The second kappa shape index (κ2) is 3.33. The van der Waals surface area contributed by atoms with Gasteiger partial charge in [0.05, 0.1) is 5.69 Å². The minimum atomic E-state index is -4.21. The molecule has 5 nitrogen and oxygen atoms in total. The zero-order chi connectivity index (χ0) is 10.9. The van der Waals surface area contributed by atoms with Gasteiger partial charge in [-0.3, -0.25) is 4.68 Å². The van der Waals surface area contributed by atoms with E-state index in [0.29, 0.717) is 0 Å². The van der Waals surface area contributed by atoms with Gasteiger partial charge < -0.3 is 10.2 Å². The number of aromatic nitrogens is 2. The highest BCUT2D eigenvalue weighted by Gasteiger charge is 2.48. The average Bonchev–Trinajstić information content (AvgIpc) is 2.49. The van der Waals surface area contributed by atoms with Crippen molar-refractivity contribution in [1.82, 2.24) is 9.78 Å². The molecule has 0 aliphatic carbocycles. The largest absolute Gasteiger partial charge is 0.477 e. The molecule has 0 fully saturated rings. The van der Waals surface area contributed by atoms with Gasteiger partial charge in [-0.2, -0.15) is 13.9 Å². The van der Waals surface area contributed by atoms with Gasteiger partial charge in [0.1, 0.15) is 0 Å². The van der Waals surface area contributed by atoms with Gasteiger partial charge >= 0.3 is 11.9 Å². The lowest BCUT2D eigenvalue weighted by atomic mass is 10.1. The molecular weight excluding hydrogens is 198 g/mol. The maximum Gasteiger partial charge on any atom is 0.377 e. The van der Waals surface area contributed by atoms with Crippen LogP contribution in [-0.2, 0) is 11.8 Å². The van der Waals surface area contributed by atoms with Gasteiger partial charge in [0.25, 0.3) is 0 Å². The van der Waals surface area contributed by atoms with Crippen LogP contribution in [0.3, 0.4) is 0 Å². The first kappa shape index (κ1) is 10.6. The highest BCUT2D eigenvalue weighted by Crippen LogP contribution is 2.30. The predicted molar refractivity (Wildman–Crippen MR) is 40.8 cm³/mol. The number of nitrogens with zero attached hydrogens (tertiary/aromatic N) is 2. The summed E-state index contributed by atoms with van der Waals surface area (Å²) in [6.07, 6.45) is -1.20. The molecule has 1 rings (SSSR count). The lowest BCUT2D eigenvalue weighted by Crippen LogP contribution is -2.36. The Kier molecular flexibility index (Phi) is 2.52. The molecule has 0 saturated heterocycles. The molecule has 0 radical (unpaired) electrons. The number of carboxylic acids is 1. The van der Waals surface area contributed by atoms with Crippen molar-refractivity contribution in [2.24, 2.45) is 7.05 Å². The van der Waals surface area contributed by atoms with Crippen LogP contribution >= 0.6 is 0 Å². The zero-order valence-corrected chi connectivity index (χ0v) is 7.19. The number of carboxylic acid groups (broad SMARTS) is 1. The molecule has 0 amide bonds. The van der Waals surface area contributed by atoms with Gasteiger partial charge in [0, 0.05) is 13.2 Å². The molecule has 0 aromatic carbocycles. The van der Waals surface area contributed by atoms with Crippen LogP contribution in [0.4, 0.5) is 8.78 Å². The van der Waals surface area contributed by atoms with E-state index in [0.717, 1.165) is 10.7 Å². The predicted octanol–water partition coefficient (Wildman–Crippen LogP) is 0.173. The average molecular weight is 206 g/mol. The number of hydrogen-bond acceptors (Lipinski definition) is 3. The third-order valence-corrected chi connectivity index (χ3v) is 1.77. The molecule has 1 unspecified atom stereocenters. The molecule has 0 bridgehead atoms. The van der Waals surface area contributed by atoms with E-state index in [-0.39, 0.29) is 5.69 Å². The third-order valence-electron chi connectivity index (χ3n) is 1.77. The molecule has 14 heavy (non-hydrogen) atoms. The fourth-order valence-corrected chi connectivity index (χ4v) is 0.955. The van der Waals surface area contributed by atoms with Crippen molar-refractivity contribution < 1.29 is 23.8 Å². The topological polar surface area (TPSA) is 75.3 Å². The number of halogens is 2. The Morgan fingerprint density at radius 3 is 2.64 bits per heavy atom. The second-order valence-electron chi connectivity index (χ2n) is 2.71.